The molecule has 11 heteroatoms. The molecule has 8 nitrogen and oxygen atoms in total. The maximum absolute atomic E-state index is 13.4. The van der Waals surface area contributed by atoms with E-state index in [0.29, 0.717) is 0 Å². The number of halogens is 3. The molecular weight excluding hydrogens is 419 g/mol. The summed E-state index contributed by atoms with van der Waals surface area (Å²) in [6, 6.07) is 9.55. The minimum atomic E-state index is -4.78. The van der Waals surface area contributed by atoms with E-state index in [9.17, 15) is 27.6 Å². The predicted octanol–water partition coefficient (Wildman–Crippen LogP) is 3.27. The number of amides is 1. The van der Waals surface area contributed by atoms with E-state index in [1.165, 1.54) is 42.5 Å². The number of aromatic nitrogens is 2. The van der Waals surface area contributed by atoms with Crippen molar-refractivity contribution in [1.29, 1.82) is 0 Å². The van der Waals surface area contributed by atoms with Crippen LogP contribution in [0, 0.1) is 0 Å². The number of esters is 2. The molecule has 0 aliphatic heterocycles. The Morgan fingerprint density at radius 1 is 1.00 bits per heavy atom. The number of rotatable bonds is 5. The third-order valence-electron chi connectivity index (χ3n) is 4.27. The molecule has 0 spiro atoms. The number of para-hydroxylation sites is 2. The van der Waals surface area contributed by atoms with Gasteiger partial charge < -0.3 is 19.4 Å². The summed E-state index contributed by atoms with van der Waals surface area (Å²) in [7, 11) is 2.27. The van der Waals surface area contributed by atoms with Crippen LogP contribution in [-0.4, -0.2) is 41.6 Å². The zero-order valence-corrected chi connectivity index (χ0v) is 16.3. The monoisotopic (exact) mass is 435 g/mol. The quantitative estimate of drug-likeness (QED) is 0.618. The van der Waals surface area contributed by atoms with Crippen molar-refractivity contribution in [1.82, 2.24) is 9.55 Å². The Kier molecular flexibility index (Phi) is 5.95. The fourth-order valence-corrected chi connectivity index (χ4v) is 2.97. The summed E-state index contributed by atoms with van der Waals surface area (Å²) in [6.07, 6.45) is -4.78. The Balaban J connectivity index is 1.94. The molecule has 1 amide bonds. The number of carbonyl (C=O) groups excluding carboxylic acids is 3. The maximum Gasteiger partial charge on any atom is 0.449 e. The Morgan fingerprint density at radius 2 is 1.58 bits per heavy atom. The molecule has 3 rings (SSSR count). The molecule has 0 atom stereocenters. The summed E-state index contributed by atoms with van der Waals surface area (Å²) in [5, 5.41) is 2.39. The molecule has 0 bridgehead atoms. The van der Waals surface area contributed by atoms with Crippen LogP contribution >= 0.6 is 0 Å². The highest BCUT2D eigenvalue weighted by Crippen LogP contribution is 2.31. The second-order valence-electron chi connectivity index (χ2n) is 6.34. The molecule has 0 fully saturated rings. The van der Waals surface area contributed by atoms with Crippen molar-refractivity contribution < 1.29 is 37.0 Å². The third kappa shape index (κ3) is 4.65. The van der Waals surface area contributed by atoms with E-state index in [4.69, 9.17) is 0 Å². The minimum Gasteiger partial charge on any atom is -0.465 e. The molecule has 162 valence electrons. The molecule has 1 aromatic heterocycles. The summed E-state index contributed by atoms with van der Waals surface area (Å²) in [5.74, 6) is -3.60. The van der Waals surface area contributed by atoms with E-state index in [0.717, 1.165) is 18.8 Å². The van der Waals surface area contributed by atoms with Gasteiger partial charge in [-0.1, -0.05) is 12.1 Å². The van der Waals surface area contributed by atoms with Crippen molar-refractivity contribution in [3.8, 4) is 0 Å². The Bertz CT molecular complexity index is 1140. The SMILES string of the molecule is COC(=O)c1cc(NC(=O)Cn2c(C(F)(F)F)nc3ccccc32)cc(C(=O)OC)c1. The number of alkyl halides is 3. The van der Waals surface area contributed by atoms with E-state index >= 15 is 0 Å². The first-order valence-electron chi connectivity index (χ1n) is 8.78. The van der Waals surface area contributed by atoms with Crippen LogP contribution in [0.3, 0.4) is 0 Å². The highest BCUT2D eigenvalue weighted by atomic mass is 19.4. The van der Waals surface area contributed by atoms with Gasteiger partial charge in [-0.15, -0.1) is 0 Å². The van der Waals surface area contributed by atoms with Gasteiger partial charge in [0.15, 0.2) is 0 Å². The van der Waals surface area contributed by atoms with Crippen molar-refractivity contribution >= 4 is 34.6 Å². The van der Waals surface area contributed by atoms with Crippen molar-refractivity contribution in [3.05, 3.63) is 59.4 Å². The molecule has 0 saturated carbocycles. The number of nitrogens with zero attached hydrogens (tertiary/aromatic N) is 2. The zero-order valence-electron chi connectivity index (χ0n) is 16.3. The van der Waals surface area contributed by atoms with Gasteiger partial charge in [0.25, 0.3) is 0 Å². The van der Waals surface area contributed by atoms with E-state index in [2.05, 4.69) is 19.8 Å². The van der Waals surface area contributed by atoms with Gasteiger partial charge in [0.2, 0.25) is 11.7 Å². The smallest absolute Gasteiger partial charge is 0.449 e. The first-order valence-corrected chi connectivity index (χ1v) is 8.78. The maximum atomic E-state index is 13.4. The van der Waals surface area contributed by atoms with E-state index in [1.807, 2.05) is 0 Å². The molecule has 1 heterocycles. The number of fused-ring (bicyclic) bond motifs is 1. The zero-order chi connectivity index (χ0) is 22.8. The summed E-state index contributed by atoms with van der Waals surface area (Å²) >= 11 is 0. The predicted molar refractivity (Wildman–Crippen MR) is 102 cm³/mol. The van der Waals surface area contributed by atoms with Crippen LogP contribution in [0.25, 0.3) is 11.0 Å². The summed E-state index contributed by atoms with van der Waals surface area (Å²) in [6.45, 7) is -0.703. The molecule has 0 saturated heterocycles. The number of imidazole rings is 1. The van der Waals surface area contributed by atoms with Crippen LogP contribution in [0.2, 0.25) is 0 Å². The van der Waals surface area contributed by atoms with E-state index in [-0.39, 0.29) is 27.8 Å². The lowest BCUT2D eigenvalue weighted by Crippen LogP contribution is -2.23. The topological polar surface area (TPSA) is 99.5 Å². The average molecular weight is 435 g/mol. The Hall–Kier alpha value is -3.89. The number of hydrogen-bond donors (Lipinski definition) is 1. The number of carbonyl (C=O) groups is 3. The number of ether oxygens (including phenoxy) is 2. The highest BCUT2D eigenvalue weighted by Gasteiger charge is 2.38. The fraction of sp³-hybridized carbons (Fsp3) is 0.200. The molecule has 0 radical (unpaired) electrons. The van der Waals surface area contributed by atoms with Gasteiger partial charge in [-0.05, 0) is 30.3 Å². The molecular formula is C20H16F3N3O5. The largest absolute Gasteiger partial charge is 0.465 e. The van der Waals surface area contributed by atoms with Gasteiger partial charge >= 0.3 is 18.1 Å². The summed E-state index contributed by atoms with van der Waals surface area (Å²) in [4.78, 5) is 39.8. The molecule has 2 aromatic carbocycles. The van der Waals surface area contributed by atoms with Gasteiger partial charge in [0.05, 0.1) is 36.4 Å². The van der Waals surface area contributed by atoms with Crippen LogP contribution in [-0.2, 0) is 27.0 Å². The number of hydrogen-bond acceptors (Lipinski definition) is 6. The fourth-order valence-electron chi connectivity index (χ4n) is 2.97. The van der Waals surface area contributed by atoms with Crippen LogP contribution in [0.15, 0.2) is 42.5 Å². The van der Waals surface area contributed by atoms with Crippen LogP contribution in [0.1, 0.15) is 26.5 Å². The molecule has 0 aliphatic carbocycles. The molecule has 0 unspecified atom stereocenters. The standard InChI is InChI=1S/C20H16F3N3O5/c1-30-17(28)11-7-12(18(29)31-2)9-13(8-11)24-16(27)10-26-15-6-4-3-5-14(15)25-19(26)20(21,22)23/h3-9H,10H2,1-2H3,(H,24,27). The van der Waals surface area contributed by atoms with Crippen LogP contribution in [0.5, 0.6) is 0 Å². The third-order valence-corrected chi connectivity index (χ3v) is 4.27. The molecule has 3 aromatic rings. The molecule has 0 aliphatic rings. The van der Waals surface area contributed by atoms with Crippen LogP contribution < -0.4 is 5.32 Å². The lowest BCUT2D eigenvalue weighted by Gasteiger charge is -2.13. The van der Waals surface area contributed by atoms with Crippen molar-refractivity contribution in [2.75, 3.05) is 19.5 Å². The normalized spacial score (nSPS) is 11.3. The van der Waals surface area contributed by atoms with Gasteiger partial charge in [-0.25, -0.2) is 14.6 Å². The molecule has 1 N–H and O–H groups in total. The minimum absolute atomic E-state index is 0.00581. The summed E-state index contributed by atoms with van der Waals surface area (Å²) in [5.41, 5.74) is 0.118. The van der Waals surface area contributed by atoms with E-state index < -0.39 is 36.4 Å². The second kappa shape index (κ2) is 8.46. The van der Waals surface area contributed by atoms with Gasteiger partial charge in [0, 0.05) is 5.69 Å². The first-order chi connectivity index (χ1) is 14.6. The number of methoxy groups -OCH3 is 2. The van der Waals surface area contributed by atoms with Gasteiger partial charge in [0.1, 0.15) is 6.54 Å². The lowest BCUT2D eigenvalue weighted by atomic mass is 10.1. The Morgan fingerprint density at radius 3 is 2.13 bits per heavy atom. The van der Waals surface area contributed by atoms with Crippen molar-refractivity contribution in [2.45, 2.75) is 12.7 Å². The second-order valence-corrected chi connectivity index (χ2v) is 6.34. The number of benzene rings is 2. The molecule has 31 heavy (non-hydrogen) atoms. The first kappa shape index (κ1) is 21.8. The van der Waals surface area contributed by atoms with Crippen molar-refractivity contribution in [2.24, 2.45) is 0 Å². The van der Waals surface area contributed by atoms with Crippen LogP contribution in [0.4, 0.5) is 18.9 Å². The summed E-state index contributed by atoms with van der Waals surface area (Å²) < 4.78 is 50.2. The van der Waals surface area contributed by atoms with Gasteiger partial charge in [-0.3, -0.25) is 4.79 Å². The Labute approximate surface area is 173 Å². The lowest BCUT2D eigenvalue weighted by molar-refractivity contribution is -0.147. The van der Waals surface area contributed by atoms with E-state index in [1.54, 1.807) is 0 Å². The number of anilines is 1. The van der Waals surface area contributed by atoms with Gasteiger partial charge in [-0.2, -0.15) is 13.2 Å². The van der Waals surface area contributed by atoms with Crippen molar-refractivity contribution in [3.63, 3.8) is 0 Å². The highest BCUT2D eigenvalue weighted by molar-refractivity contribution is 5.99. The average Bonchev–Trinajstić information content (AvgIpc) is 3.11. The number of nitrogens with one attached hydrogen (secondary N) is 1.